The molecule has 0 saturated carbocycles. The third-order valence-corrected chi connectivity index (χ3v) is 8.39. The molecule has 0 atom stereocenters. The van der Waals surface area contributed by atoms with Crippen molar-refractivity contribution in [2.24, 2.45) is 0 Å². The van der Waals surface area contributed by atoms with Gasteiger partial charge in [-0.2, -0.15) is 5.26 Å². The SMILES string of the molecule is CCCCCCC1(CCC#N)c2cc(C#C[Si](C)(C)C)ccc2-c2ccc(C#C[Si](C)(C)C)cc21. The van der Waals surface area contributed by atoms with Crippen LogP contribution in [0.1, 0.15) is 74.1 Å². The first kappa shape index (κ1) is 27.1. The molecule has 0 aromatic heterocycles. The molecule has 0 fully saturated rings. The topological polar surface area (TPSA) is 23.8 Å². The van der Waals surface area contributed by atoms with E-state index in [0.29, 0.717) is 6.42 Å². The van der Waals surface area contributed by atoms with Crippen molar-refractivity contribution in [3.8, 4) is 40.1 Å². The predicted octanol–water partition coefficient (Wildman–Crippen LogP) is 8.69. The lowest BCUT2D eigenvalue weighted by molar-refractivity contribution is 0.425. The number of benzene rings is 2. The highest BCUT2D eigenvalue weighted by molar-refractivity contribution is 6.84. The van der Waals surface area contributed by atoms with Gasteiger partial charge in [-0.15, -0.1) is 11.1 Å². The van der Waals surface area contributed by atoms with Gasteiger partial charge >= 0.3 is 0 Å². The largest absolute Gasteiger partial charge is 0.198 e. The Balaban J connectivity index is 2.19. The molecule has 0 saturated heterocycles. The molecule has 0 spiro atoms. The van der Waals surface area contributed by atoms with Crippen LogP contribution < -0.4 is 0 Å². The highest BCUT2D eigenvalue weighted by Crippen LogP contribution is 2.54. The molecular formula is C32H41NSi2. The van der Waals surface area contributed by atoms with Gasteiger partial charge in [-0.3, -0.25) is 0 Å². The minimum Gasteiger partial charge on any atom is -0.198 e. The van der Waals surface area contributed by atoms with Crippen LogP contribution in [0.2, 0.25) is 39.3 Å². The predicted molar refractivity (Wildman–Crippen MR) is 157 cm³/mol. The van der Waals surface area contributed by atoms with Gasteiger partial charge in [-0.1, -0.05) is 95.9 Å². The second-order valence-electron chi connectivity index (χ2n) is 12.1. The van der Waals surface area contributed by atoms with E-state index in [-0.39, 0.29) is 5.41 Å². The van der Waals surface area contributed by atoms with Crippen LogP contribution in [-0.2, 0) is 5.41 Å². The van der Waals surface area contributed by atoms with E-state index in [2.05, 4.69) is 112 Å². The monoisotopic (exact) mass is 495 g/mol. The highest BCUT2D eigenvalue weighted by atomic mass is 28.3. The van der Waals surface area contributed by atoms with E-state index in [9.17, 15) is 5.26 Å². The first-order valence-electron chi connectivity index (χ1n) is 13.2. The summed E-state index contributed by atoms with van der Waals surface area (Å²) >= 11 is 0. The summed E-state index contributed by atoms with van der Waals surface area (Å²) < 4.78 is 0. The van der Waals surface area contributed by atoms with Crippen LogP contribution in [0.4, 0.5) is 0 Å². The Morgan fingerprint density at radius 1 is 0.714 bits per heavy atom. The maximum Gasteiger partial charge on any atom is 0.129 e. The summed E-state index contributed by atoms with van der Waals surface area (Å²) in [5, 5.41) is 9.62. The third-order valence-electron chi connectivity index (χ3n) is 6.64. The number of rotatable bonds is 7. The first-order valence-corrected chi connectivity index (χ1v) is 20.2. The van der Waals surface area contributed by atoms with Gasteiger partial charge in [-0.25, -0.2) is 0 Å². The van der Waals surface area contributed by atoms with Crippen molar-refractivity contribution in [2.45, 2.75) is 96.6 Å². The van der Waals surface area contributed by atoms with Crippen molar-refractivity contribution in [3.63, 3.8) is 0 Å². The van der Waals surface area contributed by atoms with Gasteiger partial charge in [0, 0.05) is 23.0 Å². The normalized spacial score (nSPS) is 13.5. The van der Waals surface area contributed by atoms with E-state index < -0.39 is 16.1 Å². The van der Waals surface area contributed by atoms with Gasteiger partial charge in [0.1, 0.15) is 16.1 Å². The Morgan fingerprint density at radius 2 is 1.23 bits per heavy atom. The zero-order chi connectivity index (χ0) is 25.7. The zero-order valence-corrected chi connectivity index (χ0v) is 24.9. The molecule has 0 N–H and O–H groups in total. The Morgan fingerprint density at radius 3 is 1.66 bits per heavy atom. The summed E-state index contributed by atoms with van der Waals surface area (Å²) in [7, 11) is -2.93. The van der Waals surface area contributed by atoms with Gasteiger partial charge in [0.2, 0.25) is 0 Å². The van der Waals surface area contributed by atoms with E-state index in [0.717, 1.165) is 24.0 Å². The van der Waals surface area contributed by atoms with E-state index in [4.69, 9.17) is 0 Å². The smallest absolute Gasteiger partial charge is 0.129 e. The maximum atomic E-state index is 9.62. The molecule has 182 valence electrons. The Hall–Kier alpha value is -2.52. The van der Waals surface area contributed by atoms with E-state index >= 15 is 0 Å². The lowest BCUT2D eigenvalue weighted by atomic mass is 9.70. The van der Waals surface area contributed by atoms with Crippen LogP contribution in [0.15, 0.2) is 36.4 Å². The molecule has 1 aliphatic carbocycles. The summed E-state index contributed by atoms with van der Waals surface area (Å²) in [6.07, 6.45) is 7.38. The number of hydrogen-bond acceptors (Lipinski definition) is 1. The van der Waals surface area contributed by atoms with Crippen molar-refractivity contribution in [1.82, 2.24) is 0 Å². The van der Waals surface area contributed by atoms with Crippen LogP contribution in [0.5, 0.6) is 0 Å². The van der Waals surface area contributed by atoms with Crippen LogP contribution in [0.3, 0.4) is 0 Å². The van der Waals surface area contributed by atoms with Crippen molar-refractivity contribution >= 4 is 16.1 Å². The second kappa shape index (κ2) is 11.0. The molecule has 2 aromatic rings. The summed E-state index contributed by atoms with van der Waals surface area (Å²) in [5.41, 5.74) is 14.5. The number of unbranched alkanes of at least 4 members (excludes halogenated alkanes) is 3. The third kappa shape index (κ3) is 6.79. The minimum atomic E-state index is -1.46. The van der Waals surface area contributed by atoms with Crippen molar-refractivity contribution in [1.29, 1.82) is 5.26 Å². The molecule has 1 aliphatic rings. The molecule has 0 amide bonds. The fourth-order valence-electron chi connectivity index (χ4n) is 4.96. The average Bonchev–Trinajstić information content (AvgIpc) is 3.06. The number of hydrogen-bond donors (Lipinski definition) is 0. The zero-order valence-electron chi connectivity index (χ0n) is 22.9. The highest BCUT2D eigenvalue weighted by Gasteiger charge is 2.42. The van der Waals surface area contributed by atoms with Gasteiger partial charge in [0.05, 0.1) is 6.07 Å². The van der Waals surface area contributed by atoms with Crippen LogP contribution in [0, 0.1) is 34.3 Å². The van der Waals surface area contributed by atoms with Crippen LogP contribution in [-0.4, -0.2) is 16.1 Å². The van der Waals surface area contributed by atoms with Crippen LogP contribution in [0.25, 0.3) is 11.1 Å². The fraction of sp³-hybridized carbons (Fsp3) is 0.469. The quantitative estimate of drug-likeness (QED) is 0.214. The maximum absolute atomic E-state index is 9.62. The van der Waals surface area contributed by atoms with E-state index in [1.165, 1.54) is 47.9 Å². The summed E-state index contributed by atoms with van der Waals surface area (Å²) in [4.78, 5) is 0. The fourth-order valence-corrected chi connectivity index (χ4v) is 6.00. The molecule has 0 bridgehead atoms. The van der Waals surface area contributed by atoms with E-state index in [1.807, 2.05) is 0 Å². The molecule has 0 aliphatic heterocycles. The molecule has 35 heavy (non-hydrogen) atoms. The second-order valence-corrected chi connectivity index (χ2v) is 21.6. The Kier molecular flexibility index (Phi) is 8.54. The lowest BCUT2D eigenvalue weighted by Crippen LogP contribution is -2.25. The minimum absolute atomic E-state index is 0.137. The molecule has 1 nitrogen and oxygen atoms in total. The van der Waals surface area contributed by atoms with Gasteiger partial charge in [-0.05, 0) is 59.4 Å². The van der Waals surface area contributed by atoms with Crippen molar-refractivity contribution < 1.29 is 0 Å². The molecule has 2 aromatic carbocycles. The number of nitrogens with zero attached hydrogens (tertiary/aromatic N) is 1. The molecule has 0 unspecified atom stereocenters. The summed E-state index contributed by atoms with van der Waals surface area (Å²) in [5.74, 6) is 6.98. The Bertz CT molecular complexity index is 1150. The van der Waals surface area contributed by atoms with Gasteiger partial charge in [0.25, 0.3) is 0 Å². The summed E-state index contributed by atoms with van der Waals surface area (Å²) in [6.45, 7) is 16.0. The number of fused-ring (bicyclic) bond motifs is 3. The standard InChI is InChI=1S/C32H41NSi2/c1-8-9-10-11-19-32(20-12-21-33)30-24-26(17-22-34(2,3)4)13-15-28(30)29-16-14-27(25-31(29)32)18-23-35(5,6)7/h13-16,24-25H,8-12,19-20H2,1-7H3. The molecular weight excluding hydrogens is 455 g/mol. The van der Waals surface area contributed by atoms with Crippen LogP contribution >= 0.6 is 0 Å². The molecule has 3 rings (SSSR count). The molecule has 3 heteroatoms. The summed E-state index contributed by atoms with van der Waals surface area (Å²) in [6, 6.07) is 16.1. The first-order chi connectivity index (χ1) is 16.5. The van der Waals surface area contributed by atoms with Gasteiger partial charge < -0.3 is 0 Å². The van der Waals surface area contributed by atoms with Crippen molar-refractivity contribution in [3.05, 3.63) is 58.7 Å². The lowest BCUT2D eigenvalue weighted by Gasteiger charge is -2.32. The average molecular weight is 496 g/mol. The van der Waals surface area contributed by atoms with E-state index in [1.54, 1.807) is 0 Å². The molecule has 0 radical (unpaired) electrons. The molecule has 0 heterocycles. The number of nitriles is 1. The Labute approximate surface area is 216 Å². The van der Waals surface area contributed by atoms with Crippen molar-refractivity contribution in [2.75, 3.05) is 0 Å². The van der Waals surface area contributed by atoms with Gasteiger partial charge in [0.15, 0.2) is 0 Å².